The highest BCUT2D eigenvalue weighted by molar-refractivity contribution is 7.16. The predicted molar refractivity (Wildman–Crippen MR) is 137 cm³/mol. The van der Waals surface area contributed by atoms with Crippen molar-refractivity contribution in [1.29, 1.82) is 0 Å². The summed E-state index contributed by atoms with van der Waals surface area (Å²) in [5.41, 5.74) is 2.19. The van der Waals surface area contributed by atoms with E-state index >= 15 is 0 Å². The average Bonchev–Trinajstić information content (AvgIpc) is 3.56. The molecule has 0 unspecified atom stereocenters. The minimum atomic E-state index is -0.726. The number of hydrogen-bond donors (Lipinski definition) is 3. The van der Waals surface area contributed by atoms with Gasteiger partial charge in [0.15, 0.2) is 0 Å². The second kappa shape index (κ2) is 8.15. The van der Waals surface area contributed by atoms with Crippen molar-refractivity contribution in [2.75, 3.05) is 19.6 Å². The average molecular weight is 490 g/mol. The summed E-state index contributed by atoms with van der Waals surface area (Å²) in [6, 6.07) is 10.0. The first-order valence-corrected chi connectivity index (χ1v) is 12.8. The molecule has 0 aliphatic carbocycles. The van der Waals surface area contributed by atoms with Crippen molar-refractivity contribution in [2.24, 2.45) is 0 Å². The highest BCUT2D eigenvalue weighted by Crippen LogP contribution is 2.39. The van der Waals surface area contributed by atoms with E-state index in [1.807, 2.05) is 54.2 Å². The number of piperidine rings is 1. The van der Waals surface area contributed by atoms with Gasteiger partial charge in [-0.1, -0.05) is 18.2 Å². The van der Waals surface area contributed by atoms with Gasteiger partial charge in [0, 0.05) is 42.2 Å². The lowest BCUT2D eigenvalue weighted by Crippen LogP contribution is -2.43. The van der Waals surface area contributed by atoms with Gasteiger partial charge in [0.05, 0.1) is 28.3 Å². The third-order valence-electron chi connectivity index (χ3n) is 6.87. The molecule has 1 aromatic carbocycles. The number of H-pyrrole nitrogens is 1. The number of β-amino-alcohol motifs (C(OH)–C–C–N with tert-alkyl or cyclic N) is 1. The Morgan fingerprint density at radius 3 is 2.60 bits per heavy atom. The minimum absolute atomic E-state index is 0.173. The van der Waals surface area contributed by atoms with Gasteiger partial charge in [-0.2, -0.15) is 5.10 Å². The number of rotatable bonds is 5. The summed E-state index contributed by atoms with van der Waals surface area (Å²) in [4.78, 5) is 32.5. The summed E-state index contributed by atoms with van der Waals surface area (Å²) >= 11 is 1.56. The lowest BCUT2D eigenvalue weighted by Gasteiger charge is -2.35. The summed E-state index contributed by atoms with van der Waals surface area (Å²) in [5, 5.41) is 21.4. The molecule has 6 rings (SSSR count). The summed E-state index contributed by atoms with van der Waals surface area (Å²) < 4.78 is 2.03. The summed E-state index contributed by atoms with van der Waals surface area (Å²) in [6.45, 7) is 6.03. The quantitative estimate of drug-likeness (QED) is 0.372. The molecule has 0 saturated carbocycles. The molecule has 1 saturated heterocycles. The number of nitrogens with zero attached hydrogens (tertiary/aromatic N) is 3. The Bertz CT molecular complexity index is 1490. The van der Waals surface area contributed by atoms with Crippen LogP contribution in [0.2, 0.25) is 0 Å². The molecule has 1 fully saturated rings. The lowest BCUT2D eigenvalue weighted by atomic mass is 9.98. The number of imide groups is 1. The molecular weight excluding hydrogens is 462 g/mol. The molecule has 2 amide bonds. The molecule has 3 aromatic heterocycles. The van der Waals surface area contributed by atoms with E-state index in [1.54, 1.807) is 17.5 Å². The van der Waals surface area contributed by atoms with E-state index in [1.165, 1.54) is 0 Å². The summed E-state index contributed by atoms with van der Waals surface area (Å²) in [7, 11) is 0. The van der Waals surface area contributed by atoms with E-state index in [9.17, 15) is 14.7 Å². The van der Waals surface area contributed by atoms with Crippen molar-refractivity contribution in [3.8, 4) is 0 Å². The van der Waals surface area contributed by atoms with Crippen LogP contribution in [0.5, 0.6) is 0 Å². The number of benzene rings is 1. The maximum atomic E-state index is 13.1. The van der Waals surface area contributed by atoms with Gasteiger partial charge >= 0.3 is 0 Å². The van der Waals surface area contributed by atoms with Crippen LogP contribution in [0.15, 0.2) is 41.9 Å². The number of thiophene rings is 1. The maximum Gasteiger partial charge on any atom is 0.261 e. The molecule has 35 heavy (non-hydrogen) atoms. The van der Waals surface area contributed by atoms with Crippen molar-refractivity contribution >= 4 is 55.4 Å². The number of fused-ring (bicyclic) bond motifs is 2. The molecule has 180 valence electrons. The van der Waals surface area contributed by atoms with Gasteiger partial charge in [-0.3, -0.25) is 19.6 Å². The van der Waals surface area contributed by atoms with E-state index in [4.69, 9.17) is 5.10 Å². The van der Waals surface area contributed by atoms with Gasteiger partial charge in [-0.15, -0.1) is 11.3 Å². The van der Waals surface area contributed by atoms with Gasteiger partial charge < -0.3 is 15.0 Å². The normalized spacial score (nSPS) is 18.4. The fraction of sp³-hybridized carbons (Fsp3) is 0.346. The Balaban J connectivity index is 1.44. The number of aromatic nitrogens is 3. The van der Waals surface area contributed by atoms with Gasteiger partial charge in [0.25, 0.3) is 11.8 Å². The molecule has 9 heteroatoms. The van der Waals surface area contributed by atoms with Crippen LogP contribution in [0.1, 0.15) is 44.0 Å². The fourth-order valence-corrected chi connectivity index (χ4v) is 6.19. The topological polar surface area (TPSA) is 103 Å². The number of carbonyl (C=O) groups is 2. The van der Waals surface area contributed by atoms with Crippen molar-refractivity contribution in [3.63, 3.8) is 0 Å². The smallest absolute Gasteiger partial charge is 0.261 e. The summed E-state index contributed by atoms with van der Waals surface area (Å²) in [5.74, 6) is -0.805. The van der Waals surface area contributed by atoms with E-state index in [-0.39, 0.29) is 6.04 Å². The molecule has 8 nitrogen and oxygen atoms in total. The molecule has 5 heterocycles. The van der Waals surface area contributed by atoms with Gasteiger partial charge in [0.1, 0.15) is 10.5 Å². The number of amides is 2. The third-order valence-corrected chi connectivity index (χ3v) is 7.71. The van der Waals surface area contributed by atoms with Crippen LogP contribution in [0.25, 0.3) is 32.3 Å². The number of aromatic amines is 1. The zero-order valence-corrected chi connectivity index (χ0v) is 20.5. The van der Waals surface area contributed by atoms with E-state index in [2.05, 4.69) is 15.2 Å². The number of carbonyl (C=O) groups excluding carboxylic acids is 2. The minimum Gasteiger partial charge on any atom is -0.389 e. The van der Waals surface area contributed by atoms with Gasteiger partial charge in [-0.25, -0.2) is 0 Å². The van der Waals surface area contributed by atoms with Gasteiger partial charge in [-0.05, 0) is 44.2 Å². The molecule has 2 aliphatic heterocycles. The molecule has 0 spiro atoms. The fourth-order valence-electron chi connectivity index (χ4n) is 5.41. The first-order chi connectivity index (χ1) is 16.8. The summed E-state index contributed by atoms with van der Waals surface area (Å²) in [6.07, 6.45) is 3.59. The van der Waals surface area contributed by atoms with Gasteiger partial charge in [0.2, 0.25) is 0 Å². The third kappa shape index (κ3) is 3.80. The molecule has 3 N–H and O–H groups in total. The predicted octanol–water partition coefficient (Wildman–Crippen LogP) is 3.55. The molecular formula is C26H27N5O3S. The van der Waals surface area contributed by atoms with Crippen molar-refractivity contribution in [1.82, 2.24) is 25.0 Å². The Hall–Kier alpha value is -3.27. The van der Waals surface area contributed by atoms with E-state index in [0.717, 1.165) is 52.6 Å². The Morgan fingerprint density at radius 2 is 1.83 bits per heavy atom. The number of aliphatic hydroxyl groups is 1. The molecule has 4 aromatic rings. The Morgan fingerprint density at radius 1 is 1.09 bits per heavy atom. The molecule has 2 aliphatic rings. The van der Waals surface area contributed by atoms with Crippen LogP contribution in [0.3, 0.4) is 0 Å². The first kappa shape index (κ1) is 22.2. The number of para-hydroxylation sites is 1. The Labute approximate surface area is 206 Å². The highest BCUT2D eigenvalue weighted by atomic mass is 32.1. The highest BCUT2D eigenvalue weighted by Gasteiger charge is 2.37. The van der Waals surface area contributed by atoms with Crippen LogP contribution in [-0.4, -0.2) is 61.8 Å². The van der Waals surface area contributed by atoms with Crippen LogP contribution in [-0.2, 0) is 9.59 Å². The number of nitrogens with one attached hydrogen (secondary N) is 2. The van der Waals surface area contributed by atoms with Crippen LogP contribution < -0.4 is 5.32 Å². The second-order valence-corrected chi connectivity index (χ2v) is 10.9. The molecule has 0 radical (unpaired) electrons. The number of hydrogen-bond acceptors (Lipinski definition) is 6. The maximum absolute atomic E-state index is 13.1. The van der Waals surface area contributed by atoms with Crippen molar-refractivity contribution in [3.05, 3.63) is 53.2 Å². The van der Waals surface area contributed by atoms with Crippen molar-refractivity contribution < 1.29 is 14.7 Å². The first-order valence-electron chi connectivity index (χ1n) is 11.9. The largest absolute Gasteiger partial charge is 0.389 e. The van der Waals surface area contributed by atoms with E-state index in [0.29, 0.717) is 23.4 Å². The zero-order chi connectivity index (χ0) is 24.3. The molecule has 0 atom stereocenters. The lowest BCUT2D eigenvalue weighted by molar-refractivity contribution is -0.122. The SMILES string of the molecule is CC(C)(O)CN1CCC(n2nc(C3=C(c4c[nH]c5sccc45)C(=O)NC3=O)c3ccccc32)CC1. The van der Waals surface area contributed by atoms with Crippen LogP contribution >= 0.6 is 11.3 Å². The molecule has 0 bridgehead atoms. The van der Waals surface area contributed by atoms with Crippen LogP contribution in [0.4, 0.5) is 0 Å². The van der Waals surface area contributed by atoms with Crippen molar-refractivity contribution in [2.45, 2.75) is 38.3 Å². The zero-order valence-electron chi connectivity index (χ0n) is 19.7. The number of likely N-dealkylation sites (tertiary alicyclic amines) is 1. The van der Waals surface area contributed by atoms with Crippen LogP contribution in [0, 0.1) is 0 Å². The standard InChI is InChI=1S/C26H27N5O3S/c1-26(2,34)14-30-10-7-15(8-11-30)31-19-6-4-3-5-17(19)22(29-31)21-20(23(32)28-24(21)33)18-13-27-25-16(18)9-12-35-25/h3-6,9,12-13,15,27,34H,7-8,10-11,14H2,1-2H3,(H,28,32,33). The second-order valence-electron chi connectivity index (χ2n) is 10.0. The van der Waals surface area contributed by atoms with E-state index < -0.39 is 17.4 Å². The Kier molecular flexibility index (Phi) is 5.17. The monoisotopic (exact) mass is 489 g/mol.